The Balaban J connectivity index is 1.55. The van der Waals surface area contributed by atoms with Crippen LogP contribution in [0.1, 0.15) is 36.3 Å². The Morgan fingerprint density at radius 2 is 2.04 bits per heavy atom. The van der Waals surface area contributed by atoms with Crippen molar-refractivity contribution in [1.82, 2.24) is 9.97 Å². The maximum atomic E-state index is 5.59. The number of hydrogen-bond acceptors (Lipinski definition) is 5. The Morgan fingerprint density at radius 3 is 2.84 bits per heavy atom. The summed E-state index contributed by atoms with van der Waals surface area (Å²) in [6, 6.07) is 8.27. The summed E-state index contributed by atoms with van der Waals surface area (Å²) >= 11 is 0. The standard InChI is InChI=1S/C20H22N4O/c1-14-4-7-19(25-2)18(10-14)15-5-6-16-13-24(23-12-17(16)11-15)20-21-8-3-9-22-20/h3-4,7-10,12,15H,5-6,11,13H2,1-2H3. The highest BCUT2D eigenvalue weighted by molar-refractivity contribution is 5.82. The van der Waals surface area contributed by atoms with Crippen molar-refractivity contribution in [2.75, 3.05) is 18.7 Å². The molecule has 0 saturated carbocycles. The molecule has 0 amide bonds. The van der Waals surface area contributed by atoms with Gasteiger partial charge in [0, 0.05) is 12.4 Å². The van der Waals surface area contributed by atoms with Gasteiger partial charge in [-0.05, 0) is 60.9 Å². The molecule has 128 valence electrons. The van der Waals surface area contributed by atoms with Crippen LogP contribution in [0.3, 0.4) is 0 Å². The summed E-state index contributed by atoms with van der Waals surface area (Å²) < 4.78 is 5.59. The largest absolute Gasteiger partial charge is 0.496 e. The maximum absolute atomic E-state index is 5.59. The summed E-state index contributed by atoms with van der Waals surface area (Å²) in [6.45, 7) is 2.92. The van der Waals surface area contributed by atoms with E-state index in [2.05, 4.69) is 40.2 Å². The SMILES string of the molecule is COc1ccc(C)cc1C1CCC2=C(C=NN(c3ncccn3)C2)C1. The lowest BCUT2D eigenvalue weighted by Gasteiger charge is -2.32. The van der Waals surface area contributed by atoms with Crippen LogP contribution in [-0.4, -0.2) is 29.8 Å². The van der Waals surface area contributed by atoms with Gasteiger partial charge in [-0.3, -0.25) is 0 Å². The van der Waals surface area contributed by atoms with Gasteiger partial charge in [0.05, 0.1) is 19.9 Å². The molecule has 1 aromatic heterocycles. The summed E-state index contributed by atoms with van der Waals surface area (Å²) in [5, 5.41) is 6.45. The van der Waals surface area contributed by atoms with Gasteiger partial charge in [0.1, 0.15) is 5.75 Å². The predicted octanol–water partition coefficient (Wildman–Crippen LogP) is 3.86. The van der Waals surface area contributed by atoms with E-state index >= 15 is 0 Å². The van der Waals surface area contributed by atoms with Gasteiger partial charge in [-0.25, -0.2) is 15.0 Å². The Hall–Kier alpha value is -2.69. The lowest BCUT2D eigenvalue weighted by molar-refractivity contribution is 0.402. The van der Waals surface area contributed by atoms with Crippen LogP contribution in [0, 0.1) is 6.92 Å². The molecule has 25 heavy (non-hydrogen) atoms. The van der Waals surface area contributed by atoms with E-state index in [4.69, 9.17) is 4.74 Å². The number of ether oxygens (including phenoxy) is 1. The highest BCUT2D eigenvalue weighted by Crippen LogP contribution is 2.41. The summed E-state index contributed by atoms with van der Waals surface area (Å²) in [6.07, 6.45) is 8.72. The van der Waals surface area contributed by atoms with Crippen molar-refractivity contribution in [3.63, 3.8) is 0 Å². The van der Waals surface area contributed by atoms with Gasteiger partial charge in [0.2, 0.25) is 5.95 Å². The first kappa shape index (κ1) is 15.8. The molecule has 2 aromatic rings. The van der Waals surface area contributed by atoms with Gasteiger partial charge in [0.25, 0.3) is 0 Å². The van der Waals surface area contributed by atoms with Crippen LogP contribution < -0.4 is 9.75 Å². The molecule has 2 heterocycles. The summed E-state index contributed by atoms with van der Waals surface area (Å²) in [7, 11) is 1.75. The van der Waals surface area contributed by atoms with Crippen LogP contribution in [0.25, 0.3) is 0 Å². The molecule has 0 fully saturated rings. The van der Waals surface area contributed by atoms with E-state index < -0.39 is 0 Å². The molecular formula is C20H22N4O. The van der Waals surface area contributed by atoms with E-state index in [-0.39, 0.29) is 0 Å². The first-order valence-corrected chi connectivity index (χ1v) is 8.68. The predicted molar refractivity (Wildman–Crippen MR) is 99.2 cm³/mol. The van der Waals surface area contributed by atoms with E-state index in [9.17, 15) is 0 Å². The second-order valence-electron chi connectivity index (χ2n) is 6.66. The Bertz CT molecular complexity index is 829. The molecule has 5 heteroatoms. The van der Waals surface area contributed by atoms with Crippen molar-refractivity contribution in [3.05, 3.63) is 58.9 Å². The van der Waals surface area contributed by atoms with Crippen LogP contribution in [-0.2, 0) is 0 Å². The molecule has 0 bridgehead atoms. The number of hydrazone groups is 1. The molecule has 1 unspecified atom stereocenters. The number of anilines is 1. The average Bonchev–Trinajstić information content (AvgIpc) is 2.68. The molecule has 1 aliphatic heterocycles. The Kier molecular flexibility index (Phi) is 4.22. The number of hydrogen-bond donors (Lipinski definition) is 0. The lowest BCUT2D eigenvalue weighted by Crippen LogP contribution is -2.28. The van der Waals surface area contributed by atoms with Crippen molar-refractivity contribution in [2.45, 2.75) is 32.1 Å². The number of aromatic nitrogens is 2. The van der Waals surface area contributed by atoms with Crippen LogP contribution in [0.15, 0.2) is 52.9 Å². The fourth-order valence-corrected chi connectivity index (χ4v) is 3.69. The van der Waals surface area contributed by atoms with Crippen molar-refractivity contribution in [3.8, 4) is 5.75 Å². The van der Waals surface area contributed by atoms with E-state index in [1.165, 1.54) is 22.3 Å². The molecule has 0 spiro atoms. The second-order valence-corrected chi connectivity index (χ2v) is 6.66. The molecule has 1 atom stereocenters. The number of aryl methyl sites for hydroxylation is 1. The third kappa shape index (κ3) is 3.14. The van der Waals surface area contributed by atoms with Crippen molar-refractivity contribution < 1.29 is 4.74 Å². The topological polar surface area (TPSA) is 50.6 Å². The zero-order valence-corrected chi connectivity index (χ0v) is 14.6. The number of nitrogens with zero attached hydrogens (tertiary/aromatic N) is 4. The van der Waals surface area contributed by atoms with Gasteiger partial charge >= 0.3 is 0 Å². The summed E-state index contributed by atoms with van der Waals surface area (Å²) in [5.41, 5.74) is 5.40. The van der Waals surface area contributed by atoms with Crippen LogP contribution in [0.5, 0.6) is 5.75 Å². The minimum Gasteiger partial charge on any atom is -0.496 e. The van der Waals surface area contributed by atoms with Gasteiger partial charge in [-0.1, -0.05) is 17.7 Å². The summed E-state index contributed by atoms with van der Waals surface area (Å²) in [5.74, 6) is 2.14. The lowest BCUT2D eigenvalue weighted by atomic mass is 9.79. The van der Waals surface area contributed by atoms with Crippen molar-refractivity contribution in [2.24, 2.45) is 5.10 Å². The van der Waals surface area contributed by atoms with Crippen LogP contribution >= 0.6 is 0 Å². The summed E-state index contributed by atoms with van der Waals surface area (Å²) in [4.78, 5) is 8.59. The van der Waals surface area contributed by atoms with Crippen LogP contribution in [0.2, 0.25) is 0 Å². The van der Waals surface area contributed by atoms with Gasteiger partial charge in [0.15, 0.2) is 0 Å². The smallest absolute Gasteiger partial charge is 0.246 e. The van der Waals surface area contributed by atoms with Crippen LogP contribution in [0.4, 0.5) is 5.95 Å². The normalized spacial score (nSPS) is 19.8. The monoisotopic (exact) mass is 334 g/mol. The van der Waals surface area contributed by atoms with E-state index in [1.54, 1.807) is 19.5 Å². The van der Waals surface area contributed by atoms with E-state index in [0.29, 0.717) is 11.9 Å². The third-order valence-corrected chi connectivity index (χ3v) is 5.02. The average molecular weight is 334 g/mol. The molecule has 0 radical (unpaired) electrons. The molecule has 5 nitrogen and oxygen atoms in total. The molecular weight excluding hydrogens is 312 g/mol. The first-order valence-electron chi connectivity index (χ1n) is 8.68. The molecule has 0 saturated heterocycles. The third-order valence-electron chi connectivity index (χ3n) is 5.02. The molecule has 0 N–H and O–H groups in total. The maximum Gasteiger partial charge on any atom is 0.246 e. The fourth-order valence-electron chi connectivity index (χ4n) is 3.69. The molecule has 1 aromatic carbocycles. The van der Waals surface area contributed by atoms with E-state index in [0.717, 1.165) is 31.6 Å². The Labute approximate surface area is 148 Å². The quantitative estimate of drug-likeness (QED) is 0.855. The minimum absolute atomic E-state index is 0.486. The minimum atomic E-state index is 0.486. The zero-order chi connectivity index (χ0) is 17.2. The highest BCUT2D eigenvalue weighted by Gasteiger charge is 2.27. The number of methoxy groups -OCH3 is 1. The van der Waals surface area contributed by atoms with Gasteiger partial charge in [-0.15, -0.1) is 0 Å². The molecule has 1 aliphatic carbocycles. The van der Waals surface area contributed by atoms with Gasteiger partial charge < -0.3 is 4.74 Å². The second kappa shape index (κ2) is 6.67. The van der Waals surface area contributed by atoms with Crippen molar-refractivity contribution >= 4 is 12.2 Å². The number of allylic oxidation sites excluding steroid dienone is 1. The number of benzene rings is 1. The molecule has 4 rings (SSSR count). The molecule has 2 aliphatic rings. The fraction of sp³-hybridized carbons (Fsp3) is 0.350. The zero-order valence-electron chi connectivity index (χ0n) is 14.6. The van der Waals surface area contributed by atoms with E-state index in [1.807, 2.05) is 17.3 Å². The van der Waals surface area contributed by atoms with Crippen molar-refractivity contribution in [1.29, 1.82) is 0 Å². The first-order chi connectivity index (χ1) is 12.2. The Morgan fingerprint density at radius 1 is 1.20 bits per heavy atom. The van der Waals surface area contributed by atoms with Gasteiger partial charge in [-0.2, -0.15) is 5.10 Å². The number of rotatable bonds is 3. The highest BCUT2D eigenvalue weighted by atomic mass is 16.5.